The molecule has 0 aliphatic heterocycles. The van der Waals surface area contributed by atoms with Gasteiger partial charge in [-0.2, -0.15) is 0 Å². The molecule has 19 heavy (non-hydrogen) atoms. The quantitative estimate of drug-likeness (QED) is 0.792. The van der Waals surface area contributed by atoms with Crippen molar-refractivity contribution in [2.24, 2.45) is 0 Å². The Balaban J connectivity index is 2.69. The third-order valence-electron chi connectivity index (χ3n) is 3.08. The molecule has 1 aromatic rings. The van der Waals surface area contributed by atoms with E-state index in [2.05, 4.69) is 19.2 Å². The highest BCUT2D eigenvalue weighted by atomic mass is 19.1. The molecule has 0 spiro atoms. The van der Waals surface area contributed by atoms with E-state index in [4.69, 9.17) is 0 Å². The second-order valence-electron chi connectivity index (χ2n) is 4.76. The minimum Gasteiger partial charge on any atom is -0.507 e. The van der Waals surface area contributed by atoms with Gasteiger partial charge in [0.05, 0.1) is 5.56 Å². The maximum Gasteiger partial charge on any atom is 0.255 e. The highest BCUT2D eigenvalue weighted by Gasteiger charge is 2.16. The van der Waals surface area contributed by atoms with Crippen LogP contribution < -0.4 is 5.32 Å². The summed E-state index contributed by atoms with van der Waals surface area (Å²) in [5.74, 6) is -1.21. The summed E-state index contributed by atoms with van der Waals surface area (Å²) in [7, 11) is 0. The number of hydrogen-bond donors (Lipinski definition) is 2. The molecule has 0 aromatic heterocycles. The van der Waals surface area contributed by atoms with Gasteiger partial charge in [0.2, 0.25) is 0 Å². The number of carbonyl (C=O) groups is 1. The fraction of sp³-hybridized carbons (Fsp3) is 0.533. The first-order chi connectivity index (χ1) is 9.08. The maximum absolute atomic E-state index is 12.9. The van der Waals surface area contributed by atoms with Crippen LogP contribution in [0.3, 0.4) is 0 Å². The van der Waals surface area contributed by atoms with Crippen LogP contribution in [0.4, 0.5) is 4.39 Å². The van der Waals surface area contributed by atoms with Crippen molar-refractivity contribution in [1.29, 1.82) is 0 Å². The molecule has 0 saturated heterocycles. The Bertz CT molecular complexity index is 421. The minimum atomic E-state index is -0.551. The summed E-state index contributed by atoms with van der Waals surface area (Å²) in [6, 6.07) is 3.55. The predicted octanol–water partition coefficient (Wildman–Crippen LogP) is 3.62. The van der Waals surface area contributed by atoms with E-state index in [1.807, 2.05) is 0 Å². The largest absolute Gasteiger partial charge is 0.507 e. The molecule has 1 aromatic carbocycles. The topological polar surface area (TPSA) is 49.3 Å². The lowest BCUT2D eigenvalue weighted by molar-refractivity contribution is 0.0929. The van der Waals surface area contributed by atoms with E-state index in [1.54, 1.807) is 0 Å². The Labute approximate surface area is 113 Å². The summed E-state index contributed by atoms with van der Waals surface area (Å²) in [6.07, 6.45) is 4.97. The summed E-state index contributed by atoms with van der Waals surface area (Å²) < 4.78 is 12.9. The molecule has 1 unspecified atom stereocenters. The Kier molecular flexibility index (Phi) is 6.33. The van der Waals surface area contributed by atoms with Crippen molar-refractivity contribution in [3.63, 3.8) is 0 Å². The molecular formula is C15H22FNO2. The number of amides is 1. The molecule has 0 fully saturated rings. The molecule has 0 heterocycles. The molecular weight excluding hydrogens is 245 g/mol. The van der Waals surface area contributed by atoms with Crippen molar-refractivity contribution in [3.8, 4) is 5.75 Å². The first kappa shape index (κ1) is 15.5. The number of phenolic OH excluding ortho intramolecular Hbond substituents is 1. The van der Waals surface area contributed by atoms with Gasteiger partial charge in [0.1, 0.15) is 11.6 Å². The predicted molar refractivity (Wildman–Crippen MR) is 73.8 cm³/mol. The number of unbranched alkanes of at least 4 members (excludes halogenated alkanes) is 1. The van der Waals surface area contributed by atoms with Gasteiger partial charge in [0.15, 0.2) is 0 Å². The average Bonchev–Trinajstić information content (AvgIpc) is 2.36. The Hall–Kier alpha value is -1.58. The van der Waals surface area contributed by atoms with Crippen molar-refractivity contribution < 1.29 is 14.3 Å². The molecule has 0 aliphatic rings. The van der Waals surface area contributed by atoms with Crippen molar-refractivity contribution in [1.82, 2.24) is 5.32 Å². The molecule has 106 valence electrons. The molecule has 0 radical (unpaired) electrons. The van der Waals surface area contributed by atoms with Crippen molar-refractivity contribution >= 4 is 5.91 Å². The van der Waals surface area contributed by atoms with Crippen LogP contribution in [-0.2, 0) is 0 Å². The third kappa shape index (κ3) is 4.89. The highest BCUT2D eigenvalue weighted by Crippen LogP contribution is 2.18. The zero-order valence-electron chi connectivity index (χ0n) is 11.6. The number of nitrogens with one attached hydrogen (secondary N) is 1. The number of carbonyl (C=O) groups excluding carboxylic acids is 1. The van der Waals surface area contributed by atoms with Gasteiger partial charge < -0.3 is 10.4 Å². The van der Waals surface area contributed by atoms with E-state index in [0.717, 1.165) is 38.2 Å². The fourth-order valence-electron chi connectivity index (χ4n) is 2.05. The first-order valence-corrected chi connectivity index (χ1v) is 6.87. The summed E-state index contributed by atoms with van der Waals surface area (Å²) in [5.41, 5.74) is 0.124. The van der Waals surface area contributed by atoms with Gasteiger partial charge in [-0.15, -0.1) is 0 Å². The number of aromatic hydroxyl groups is 1. The van der Waals surface area contributed by atoms with Crippen LogP contribution >= 0.6 is 0 Å². The normalized spacial score (nSPS) is 12.2. The second-order valence-corrected chi connectivity index (χ2v) is 4.76. The summed E-state index contributed by atoms with van der Waals surface area (Å²) in [5, 5.41) is 12.5. The van der Waals surface area contributed by atoms with E-state index in [9.17, 15) is 14.3 Å². The van der Waals surface area contributed by atoms with Crippen LogP contribution in [0.2, 0.25) is 0 Å². The van der Waals surface area contributed by atoms with E-state index in [1.165, 1.54) is 12.1 Å². The number of rotatable bonds is 7. The van der Waals surface area contributed by atoms with Crippen LogP contribution in [0, 0.1) is 5.82 Å². The van der Waals surface area contributed by atoms with E-state index < -0.39 is 5.82 Å². The molecule has 0 saturated carbocycles. The van der Waals surface area contributed by atoms with Gasteiger partial charge in [-0.3, -0.25) is 4.79 Å². The lowest BCUT2D eigenvalue weighted by atomic mass is 10.0. The van der Waals surface area contributed by atoms with Gasteiger partial charge in [-0.25, -0.2) is 4.39 Å². The van der Waals surface area contributed by atoms with Gasteiger partial charge in [-0.1, -0.05) is 33.1 Å². The second kappa shape index (κ2) is 7.77. The zero-order valence-corrected chi connectivity index (χ0v) is 11.6. The molecule has 0 aliphatic carbocycles. The fourth-order valence-corrected chi connectivity index (χ4v) is 2.05. The smallest absolute Gasteiger partial charge is 0.255 e. The standard InChI is InChI=1S/C15H22FNO2/c1-3-5-7-12(6-4-2)17-15(19)13-9-8-11(16)10-14(13)18/h8-10,12,18H,3-7H2,1-2H3,(H,17,19). The molecule has 4 heteroatoms. The molecule has 0 bridgehead atoms. The lowest BCUT2D eigenvalue weighted by Gasteiger charge is -2.18. The lowest BCUT2D eigenvalue weighted by Crippen LogP contribution is -2.34. The third-order valence-corrected chi connectivity index (χ3v) is 3.08. The van der Waals surface area contributed by atoms with Crippen LogP contribution in [0.1, 0.15) is 56.3 Å². The number of phenols is 1. The van der Waals surface area contributed by atoms with Crippen LogP contribution in [-0.4, -0.2) is 17.1 Å². The van der Waals surface area contributed by atoms with Crippen LogP contribution in [0.25, 0.3) is 0 Å². The number of halogens is 1. The monoisotopic (exact) mass is 267 g/mol. The van der Waals surface area contributed by atoms with Crippen molar-refractivity contribution in [2.75, 3.05) is 0 Å². The average molecular weight is 267 g/mol. The first-order valence-electron chi connectivity index (χ1n) is 6.87. The maximum atomic E-state index is 12.9. The van der Waals surface area contributed by atoms with E-state index in [0.29, 0.717) is 0 Å². The number of benzene rings is 1. The van der Waals surface area contributed by atoms with Gasteiger partial charge in [-0.05, 0) is 25.0 Å². The van der Waals surface area contributed by atoms with Gasteiger partial charge in [0.25, 0.3) is 5.91 Å². The number of hydrogen-bond acceptors (Lipinski definition) is 2. The molecule has 2 N–H and O–H groups in total. The Morgan fingerprint density at radius 1 is 1.32 bits per heavy atom. The van der Waals surface area contributed by atoms with Gasteiger partial charge >= 0.3 is 0 Å². The molecule has 1 rings (SSSR count). The Morgan fingerprint density at radius 2 is 2.05 bits per heavy atom. The zero-order chi connectivity index (χ0) is 14.3. The van der Waals surface area contributed by atoms with Gasteiger partial charge in [0, 0.05) is 12.1 Å². The molecule has 3 nitrogen and oxygen atoms in total. The van der Waals surface area contributed by atoms with Crippen molar-refractivity contribution in [2.45, 2.75) is 52.0 Å². The van der Waals surface area contributed by atoms with E-state index >= 15 is 0 Å². The SMILES string of the molecule is CCCCC(CCC)NC(=O)c1ccc(F)cc1O. The summed E-state index contributed by atoms with van der Waals surface area (Å²) in [4.78, 5) is 12.0. The van der Waals surface area contributed by atoms with Crippen molar-refractivity contribution in [3.05, 3.63) is 29.6 Å². The highest BCUT2D eigenvalue weighted by molar-refractivity contribution is 5.96. The molecule has 1 amide bonds. The summed E-state index contributed by atoms with van der Waals surface area (Å²) in [6.45, 7) is 4.18. The van der Waals surface area contributed by atoms with E-state index in [-0.39, 0.29) is 23.3 Å². The molecule has 1 atom stereocenters. The van der Waals surface area contributed by atoms with Crippen LogP contribution in [0.15, 0.2) is 18.2 Å². The minimum absolute atomic E-state index is 0.113. The summed E-state index contributed by atoms with van der Waals surface area (Å²) >= 11 is 0. The van der Waals surface area contributed by atoms with Crippen LogP contribution in [0.5, 0.6) is 5.75 Å². The Morgan fingerprint density at radius 3 is 2.63 bits per heavy atom.